The largest absolute Gasteiger partial charge is 0.392 e. The molecule has 1 aliphatic rings. The number of aromatic nitrogens is 2. The SMILES string of the molecule is O=C(NCc1nc2ccccc2[nH]1)[C@@H]1C[C@@H](O)CN1Cc1ccc(Cl)c(Cl)c1. The number of aromatic amines is 1. The van der Waals surface area contributed by atoms with E-state index in [2.05, 4.69) is 15.3 Å². The number of likely N-dealkylation sites (tertiary alicyclic amines) is 1. The molecule has 6 nitrogen and oxygen atoms in total. The lowest BCUT2D eigenvalue weighted by atomic mass is 10.1. The number of H-pyrrole nitrogens is 1. The first kappa shape index (κ1) is 19.2. The molecule has 1 aromatic heterocycles. The lowest BCUT2D eigenvalue weighted by Gasteiger charge is -2.23. The van der Waals surface area contributed by atoms with Crippen molar-refractivity contribution in [3.63, 3.8) is 0 Å². The Morgan fingerprint density at radius 2 is 2.07 bits per heavy atom. The Hall–Kier alpha value is -2.12. The van der Waals surface area contributed by atoms with Crippen LogP contribution in [0, 0.1) is 0 Å². The fraction of sp³-hybridized carbons (Fsp3) is 0.300. The average molecular weight is 419 g/mol. The minimum Gasteiger partial charge on any atom is -0.392 e. The van der Waals surface area contributed by atoms with Crippen LogP contribution in [-0.2, 0) is 17.9 Å². The number of hydrogen-bond acceptors (Lipinski definition) is 4. The van der Waals surface area contributed by atoms with Crippen LogP contribution in [0.25, 0.3) is 11.0 Å². The fourth-order valence-electron chi connectivity index (χ4n) is 3.58. The fourth-order valence-corrected chi connectivity index (χ4v) is 3.90. The Kier molecular flexibility index (Phi) is 5.55. The predicted molar refractivity (Wildman–Crippen MR) is 109 cm³/mol. The van der Waals surface area contributed by atoms with E-state index in [-0.39, 0.29) is 5.91 Å². The first-order valence-corrected chi connectivity index (χ1v) is 9.82. The molecule has 0 spiro atoms. The molecule has 1 saturated heterocycles. The number of nitrogens with zero attached hydrogens (tertiary/aromatic N) is 2. The lowest BCUT2D eigenvalue weighted by Crippen LogP contribution is -2.42. The van der Waals surface area contributed by atoms with Crippen molar-refractivity contribution in [2.45, 2.75) is 31.7 Å². The zero-order chi connectivity index (χ0) is 19.7. The van der Waals surface area contributed by atoms with Gasteiger partial charge >= 0.3 is 0 Å². The molecule has 3 aromatic rings. The molecule has 0 radical (unpaired) electrons. The molecule has 2 aromatic carbocycles. The quantitative estimate of drug-likeness (QED) is 0.594. The molecule has 0 unspecified atom stereocenters. The highest BCUT2D eigenvalue weighted by molar-refractivity contribution is 6.42. The number of halogens is 2. The molecule has 1 aliphatic heterocycles. The van der Waals surface area contributed by atoms with Gasteiger partial charge in [-0.25, -0.2) is 4.98 Å². The summed E-state index contributed by atoms with van der Waals surface area (Å²) in [6.45, 7) is 1.25. The van der Waals surface area contributed by atoms with Crippen LogP contribution < -0.4 is 5.32 Å². The maximum absolute atomic E-state index is 12.7. The number of carbonyl (C=O) groups is 1. The van der Waals surface area contributed by atoms with Crippen LogP contribution in [-0.4, -0.2) is 44.6 Å². The standard InChI is InChI=1S/C20H20Cl2N4O2/c21-14-6-5-12(7-15(14)22)10-26-11-13(27)8-18(26)20(28)23-9-19-24-16-3-1-2-4-17(16)25-19/h1-7,13,18,27H,8-11H2,(H,23,28)(H,24,25)/t13-,18+/m1/s1. The minimum atomic E-state index is -0.537. The van der Waals surface area contributed by atoms with Crippen molar-refractivity contribution < 1.29 is 9.90 Å². The van der Waals surface area contributed by atoms with E-state index in [0.29, 0.717) is 41.9 Å². The second-order valence-electron chi connectivity index (χ2n) is 7.00. The second-order valence-corrected chi connectivity index (χ2v) is 7.82. The summed E-state index contributed by atoms with van der Waals surface area (Å²) < 4.78 is 0. The Morgan fingerprint density at radius 1 is 1.25 bits per heavy atom. The zero-order valence-corrected chi connectivity index (χ0v) is 16.5. The highest BCUT2D eigenvalue weighted by atomic mass is 35.5. The number of amides is 1. The van der Waals surface area contributed by atoms with Gasteiger partial charge in [0, 0.05) is 13.1 Å². The molecule has 1 amide bonds. The molecule has 0 aliphatic carbocycles. The normalized spacial score (nSPS) is 20.0. The third-order valence-corrected chi connectivity index (χ3v) is 5.66. The van der Waals surface area contributed by atoms with Crippen molar-refractivity contribution in [1.29, 1.82) is 0 Å². The van der Waals surface area contributed by atoms with Gasteiger partial charge in [0.05, 0.1) is 39.8 Å². The van der Waals surface area contributed by atoms with Gasteiger partial charge in [-0.05, 0) is 36.2 Å². The van der Waals surface area contributed by atoms with Gasteiger partial charge in [0.1, 0.15) is 5.82 Å². The van der Waals surface area contributed by atoms with Crippen molar-refractivity contribution in [3.8, 4) is 0 Å². The molecule has 1 fully saturated rings. The zero-order valence-electron chi connectivity index (χ0n) is 15.0. The van der Waals surface area contributed by atoms with Crippen molar-refractivity contribution >= 4 is 40.1 Å². The minimum absolute atomic E-state index is 0.128. The number of fused-ring (bicyclic) bond motifs is 1. The first-order valence-electron chi connectivity index (χ1n) is 9.07. The molecule has 28 heavy (non-hydrogen) atoms. The van der Waals surface area contributed by atoms with Crippen molar-refractivity contribution in [2.75, 3.05) is 6.54 Å². The van der Waals surface area contributed by atoms with E-state index >= 15 is 0 Å². The number of carbonyl (C=O) groups excluding carboxylic acids is 1. The van der Waals surface area contributed by atoms with Gasteiger partial charge in [0.15, 0.2) is 0 Å². The number of imidazole rings is 1. The highest BCUT2D eigenvalue weighted by Gasteiger charge is 2.35. The Bertz CT molecular complexity index is 974. The molecule has 8 heteroatoms. The number of aliphatic hydroxyl groups excluding tert-OH is 1. The van der Waals surface area contributed by atoms with E-state index in [0.717, 1.165) is 16.6 Å². The van der Waals surface area contributed by atoms with Crippen LogP contribution in [0.15, 0.2) is 42.5 Å². The number of para-hydroxylation sites is 2. The van der Waals surface area contributed by atoms with E-state index in [1.54, 1.807) is 12.1 Å². The molecule has 4 rings (SSSR count). The van der Waals surface area contributed by atoms with Gasteiger partial charge in [0.2, 0.25) is 5.91 Å². The molecular formula is C20H20Cl2N4O2. The monoisotopic (exact) mass is 418 g/mol. The molecule has 3 N–H and O–H groups in total. The van der Waals surface area contributed by atoms with E-state index in [4.69, 9.17) is 23.2 Å². The smallest absolute Gasteiger partial charge is 0.237 e. The van der Waals surface area contributed by atoms with Crippen molar-refractivity contribution in [3.05, 3.63) is 63.9 Å². The van der Waals surface area contributed by atoms with Gasteiger partial charge in [-0.1, -0.05) is 41.4 Å². The number of nitrogens with one attached hydrogen (secondary N) is 2. The van der Waals surface area contributed by atoms with Gasteiger partial charge in [-0.3, -0.25) is 9.69 Å². The first-order chi connectivity index (χ1) is 13.5. The summed E-state index contributed by atoms with van der Waals surface area (Å²) in [5, 5.41) is 14.0. The highest BCUT2D eigenvalue weighted by Crippen LogP contribution is 2.26. The van der Waals surface area contributed by atoms with Crippen LogP contribution in [0.3, 0.4) is 0 Å². The van der Waals surface area contributed by atoms with Gasteiger partial charge in [-0.2, -0.15) is 0 Å². The molecular weight excluding hydrogens is 399 g/mol. The number of benzene rings is 2. The number of aliphatic hydroxyl groups is 1. The Morgan fingerprint density at radius 3 is 2.86 bits per heavy atom. The summed E-state index contributed by atoms with van der Waals surface area (Å²) >= 11 is 12.1. The van der Waals surface area contributed by atoms with E-state index in [9.17, 15) is 9.90 Å². The maximum Gasteiger partial charge on any atom is 0.237 e. The van der Waals surface area contributed by atoms with E-state index in [1.807, 2.05) is 35.2 Å². The molecule has 146 valence electrons. The van der Waals surface area contributed by atoms with Crippen molar-refractivity contribution in [1.82, 2.24) is 20.2 Å². The Balaban J connectivity index is 1.41. The maximum atomic E-state index is 12.7. The summed E-state index contributed by atoms with van der Waals surface area (Å²) in [7, 11) is 0. The van der Waals surface area contributed by atoms with Crippen LogP contribution in [0.5, 0.6) is 0 Å². The molecule has 2 heterocycles. The van der Waals surface area contributed by atoms with Gasteiger partial charge < -0.3 is 15.4 Å². The summed E-state index contributed by atoms with van der Waals surface area (Å²) in [5.41, 5.74) is 2.74. The topological polar surface area (TPSA) is 81.2 Å². The molecule has 0 saturated carbocycles. The van der Waals surface area contributed by atoms with Crippen LogP contribution >= 0.6 is 23.2 Å². The summed E-state index contributed by atoms with van der Waals surface area (Å²) in [6.07, 6.45) is -0.141. The number of hydrogen-bond donors (Lipinski definition) is 3. The number of β-amino-alcohol motifs (C(OH)–C–C–N with tert-alkyl or cyclic N) is 1. The molecule has 0 bridgehead atoms. The Labute approximate surface area is 172 Å². The predicted octanol–water partition coefficient (Wildman–Crippen LogP) is 3.12. The average Bonchev–Trinajstić information content (AvgIpc) is 3.25. The summed E-state index contributed by atoms with van der Waals surface area (Å²) in [4.78, 5) is 22.4. The van der Waals surface area contributed by atoms with Crippen LogP contribution in [0.1, 0.15) is 17.8 Å². The third kappa shape index (κ3) is 4.15. The van der Waals surface area contributed by atoms with Crippen LogP contribution in [0.2, 0.25) is 10.0 Å². The van der Waals surface area contributed by atoms with E-state index < -0.39 is 12.1 Å². The lowest BCUT2D eigenvalue weighted by molar-refractivity contribution is -0.125. The van der Waals surface area contributed by atoms with Gasteiger partial charge in [0.25, 0.3) is 0 Å². The molecule has 2 atom stereocenters. The summed E-state index contributed by atoms with van der Waals surface area (Å²) in [5.74, 6) is 0.571. The van der Waals surface area contributed by atoms with Crippen molar-refractivity contribution in [2.24, 2.45) is 0 Å². The van der Waals surface area contributed by atoms with Crippen LogP contribution in [0.4, 0.5) is 0 Å². The van der Waals surface area contributed by atoms with Gasteiger partial charge in [-0.15, -0.1) is 0 Å². The second kappa shape index (κ2) is 8.09. The third-order valence-electron chi connectivity index (χ3n) is 4.92. The number of rotatable bonds is 5. The summed E-state index contributed by atoms with van der Waals surface area (Å²) in [6, 6.07) is 12.7. The van der Waals surface area contributed by atoms with E-state index in [1.165, 1.54) is 0 Å².